The highest BCUT2D eigenvalue weighted by Crippen LogP contribution is 2.21. The molecular weight excluding hydrogens is 244 g/mol. The van der Waals surface area contributed by atoms with Gasteiger partial charge in [0.2, 0.25) is 0 Å². The van der Waals surface area contributed by atoms with Crippen molar-refractivity contribution in [2.75, 3.05) is 39.8 Å². The van der Waals surface area contributed by atoms with E-state index in [0.717, 1.165) is 19.5 Å². The largest absolute Gasteiger partial charge is 0.467 e. The van der Waals surface area contributed by atoms with Gasteiger partial charge in [0.25, 0.3) is 0 Å². The number of methoxy groups -OCH3 is 1. The molecule has 2 rings (SSSR count). The number of hydrogen-bond acceptors (Lipinski definition) is 5. The van der Waals surface area contributed by atoms with Gasteiger partial charge in [0, 0.05) is 19.1 Å². The smallest absolute Gasteiger partial charge is 0.338 e. The summed E-state index contributed by atoms with van der Waals surface area (Å²) in [7, 11) is 1.32. The second kappa shape index (κ2) is 6.20. The summed E-state index contributed by atoms with van der Waals surface area (Å²) in [5.41, 5.74) is -1.40. The predicted molar refractivity (Wildman–Crippen MR) is 72.9 cm³/mol. The summed E-state index contributed by atoms with van der Waals surface area (Å²) in [6.45, 7) is 6.20. The zero-order valence-electron chi connectivity index (χ0n) is 12.1. The van der Waals surface area contributed by atoms with Crippen molar-refractivity contribution in [1.29, 1.82) is 0 Å². The maximum absolute atomic E-state index is 11.5. The van der Waals surface area contributed by atoms with Crippen molar-refractivity contribution < 1.29 is 14.6 Å². The monoisotopic (exact) mass is 270 g/mol. The van der Waals surface area contributed by atoms with Gasteiger partial charge in [-0.1, -0.05) is 6.42 Å². The van der Waals surface area contributed by atoms with E-state index in [4.69, 9.17) is 0 Å². The van der Waals surface area contributed by atoms with E-state index < -0.39 is 11.6 Å². The number of β-amino-alcohol motifs (C(OH)–C–C–N with tert-alkyl or cyclic N) is 1. The van der Waals surface area contributed by atoms with E-state index in [0.29, 0.717) is 12.6 Å². The maximum Gasteiger partial charge on any atom is 0.338 e. The molecule has 2 aliphatic heterocycles. The fourth-order valence-electron chi connectivity index (χ4n) is 3.26. The van der Waals surface area contributed by atoms with Gasteiger partial charge in [-0.2, -0.15) is 0 Å². The van der Waals surface area contributed by atoms with Crippen LogP contribution in [0, 0.1) is 0 Å². The average molecular weight is 270 g/mol. The molecule has 19 heavy (non-hydrogen) atoms. The van der Waals surface area contributed by atoms with Crippen LogP contribution < -0.4 is 0 Å². The SMILES string of the molecule is COC(=O)C(C)(O)CN1CCC(N2CCCCC2)C1. The molecule has 2 atom stereocenters. The number of ether oxygens (including phenoxy) is 1. The van der Waals surface area contributed by atoms with Gasteiger partial charge in [-0.25, -0.2) is 4.79 Å². The van der Waals surface area contributed by atoms with Crippen LogP contribution in [-0.4, -0.2) is 72.4 Å². The number of nitrogens with zero attached hydrogens (tertiary/aromatic N) is 2. The zero-order valence-corrected chi connectivity index (χ0v) is 12.1. The summed E-state index contributed by atoms with van der Waals surface area (Å²) in [4.78, 5) is 16.2. The summed E-state index contributed by atoms with van der Waals surface area (Å²) in [5, 5.41) is 10.1. The summed E-state index contributed by atoms with van der Waals surface area (Å²) >= 11 is 0. The fourth-order valence-corrected chi connectivity index (χ4v) is 3.26. The lowest BCUT2D eigenvalue weighted by atomic mass is 10.1. The van der Waals surface area contributed by atoms with Gasteiger partial charge < -0.3 is 9.84 Å². The van der Waals surface area contributed by atoms with Crippen molar-refractivity contribution in [3.63, 3.8) is 0 Å². The molecule has 2 unspecified atom stereocenters. The summed E-state index contributed by atoms with van der Waals surface area (Å²) in [6.07, 6.45) is 5.09. The summed E-state index contributed by atoms with van der Waals surface area (Å²) in [6, 6.07) is 0.591. The zero-order chi connectivity index (χ0) is 13.9. The second-order valence-corrected chi connectivity index (χ2v) is 6.04. The van der Waals surface area contributed by atoms with Crippen LogP contribution in [0.1, 0.15) is 32.6 Å². The third-order valence-electron chi connectivity index (χ3n) is 4.31. The lowest BCUT2D eigenvalue weighted by Crippen LogP contribution is -2.48. The molecule has 0 aliphatic carbocycles. The van der Waals surface area contributed by atoms with E-state index in [2.05, 4.69) is 14.5 Å². The van der Waals surface area contributed by atoms with Crippen LogP contribution in [0.5, 0.6) is 0 Å². The van der Waals surface area contributed by atoms with E-state index in [-0.39, 0.29) is 0 Å². The van der Waals surface area contributed by atoms with Crippen LogP contribution in [0.4, 0.5) is 0 Å². The van der Waals surface area contributed by atoms with Crippen molar-refractivity contribution in [3.05, 3.63) is 0 Å². The second-order valence-electron chi connectivity index (χ2n) is 6.04. The van der Waals surface area contributed by atoms with E-state index in [1.807, 2.05) is 0 Å². The third kappa shape index (κ3) is 3.68. The normalized spacial score (nSPS) is 29.1. The first-order chi connectivity index (χ1) is 9.03. The molecule has 0 amide bonds. The summed E-state index contributed by atoms with van der Waals surface area (Å²) < 4.78 is 4.64. The Hall–Kier alpha value is -0.650. The molecule has 0 bridgehead atoms. The lowest BCUT2D eigenvalue weighted by molar-refractivity contribution is -0.162. The highest BCUT2D eigenvalue weighted by atomic mass is 16.5. The number of aliphatic hydroxyl groups is 1. The quantitative estimate of drug-likeness (QED) is 0.753. The molecule has 0 aromatic carbocycles. The van der Waals surface area contributed by atoms with Gasteiger partial charge in [0.1, 0.15) is 0 Å². The minimum atomic E-state index is -1.40. The van der Waals surface area contributed by atoms with Crippen molar-refractivity contribution in [1.82, 2.24) is 9.80 Å². The van der Waals surface area contributed by atoms with Crippen molar-refractivity contribution in [3.8, 4) is 0 Å². The third-order valence-corrected chi connectivity index (χ3v) is 4.31. The number of piperidine rings is 1. The molecule has 0 aromatic rings. The molecule has 5 nitrogen and oxygen atoms in total. The molecule has 1 N–H and O–H groups in total. The minimum absolute atomic E-state index is 0.365. The Morgan fingerprint density at radius 3 is 2.63 bits per heavy atom. The highest BCUT2D eigenvalue weighted by Gasteiger charge is 2.37. The average Bonchev–Trinajstić information content (AvgIpc) is 2.86. The van der Waals surface area contributed by atoms with E-state index >= 15 is 0 Å². The number of likely N-dealkylation sites (tertiary alicyclic amines) is 2. The molecule has 0 spiro atoms. The van der Waals surface area contributed by atoms with Crippen molar-refractivity contribution >= 4 is 5.97 Å². The van der Waals surface area contributed by atoms with Gasteiger partial charge in [-0.3, -0.25) is 9.80 Å². The molecule has 0 aromatic heterocycles. The Bertz CT molecular complexity index is 314. The van der Waals surface area contributed by atoms with E-state index in [1.54, 1.807) is 0 Å². The fraction of sp³-hybridized carbons (Fsp3) is 0.929. The summed E-state index contributed by atoms with van der Waals surface area (Å²) in [5.74, 6) is -0.547. The number of rotatable bonds is 4. The van der Waals surface area contributed by atoms with E-state index in [9.17, 15) is 9.90 Å². The lowest BCUT2D eigenvalue weighted by Gasteiger charge is -2.33. The first-order valence-electron chi connectivity index (χ1n) is 7.30. The van der Waals surface area contributed by atoms with Gasteiger partial charge in [0.05, 0.1) is 7.11 Å². The Morgan fingerprint density at radius 1 is 1.32 bits per heavy atom. The first kappa shape index (κ1) is 14.8. The Balaban J connectivity index is 1.83. The molecule has 110 valence electrons. The molecule has 0 radical (unpaired) electrons. The standard InChI is InChI=1S/C14H26N2O3/c1-14(18,13(17)19-2)11-15-9-6-12(10-15)16-7-4-3-5-8-16/h12,18H,3-11H2,1-2H3. The molecule has 5 heteroatoms. The minimum Gasteiger partial charge on any atom is -0.467 e. The van der Waals surface area contributed by atoms with Crippen molar-refractivity contribution in [2.45, 2.75) is 44.2 Å². The number of carbonyl (C=O) groups is 1. The van der Waals surface area contributed by atoms with E-state index in [1.165, 1.54) is 46.4 Å². The van der Waals surface area contributed by atoms with Crippen LogP contribution in [0.25, 0.3) is 0 Å². The van der Waals surface area contributed by atoms with Gasteiger partial charge in [0.15, 0.2) is 5.60 Å². The molecule has 2 fully saturated rings. The Kier molecular flexibility index (Phi) is 4.81. The molecular formula is C14H26N2O3. The highest BCUT2D eigenvalue weighted by molar-refractivity contribution is 5.78. The maximum atomic E-state index is 11.5. The van der Waals surface area contributed by atoms with Crippen LogP contribution in [0.2, 0.25) is 0 Å². The number of esters is 1. The molecule has 2 saturated heterocycles. The Labute approximate surface area is 115 Å². The first-order valence-corrected chi connectivity index (χ1v) is 7.30. The molecule has 2 aliphatic rings. The van der Waals surface area contributed by atoms with Gasteiger partial charge in [-0.15, -0.1) is 0 Å². The number of hydrogen-bond donors (Lipinski definition) is 1. The van der Waals surface area contributed by atoms with Crippen LogP contribution in [0.3, 0.4) is 0 Å². The van der Waals surface area contributed by atoms with Crippen LogP contribution in [-0.2, 0) is 9.53 Å². The van der Waals surface area contributed by atoms with Gasteiger partial charge >= 0.3 is 5.97 Å². The molecule has 2 heterocycles. The molecule has 0 saturated carbocycles. The van der Waals surface area contributed by atoms with Gasteiger partial charge in [-0.05, 0) is 45.8 Å². The van der Waals surface area contributed by atoms with Crippen LogP contribution >= 0.6 is 0 Å². The predicted octanol–water partition coefficient (Wildman–Crippen LogP) is 0.471. The topological polar surface area (TPSA) is 53.0 Å². The Morgan fingerprint density at radius 2 is 2.00 bits per heavy atom. The van der Waals surface area contributed by atoms with Crippen LogP contribution in [0.15, 0.2) is 0 Å². The number of carbonyl (C=O) groups excluding carboxylic acids is 1. The van der Waals surface area contributed by atoms with Crippen molar-refractivity contribution in [2.24, 2.45) is 0 Å².